The first-order chi connectivity index (χ1) is 13.1. The highest BCUT2D eigenvalue weighted by atomic mass is 32.1. The van der Waals surface area contributed by atoms with Crippen LogP contribution in [0.5, 0.6) is 5.75 Å². The van der Waals surface area contributed by atoms with E-state index in [1.54, 1.807) is 43.5 Å². The molecule has 0 atom stereocenters. The van der Waals surface area contributed by atoms with Crippen LogP contribution in [0.3, 0.4) is 0 Å². The van der Waals surface area contributed by atoms with Gasteiger partial charge in [0.1, 0.15) is 5.75 Å². The summed E-state index contributed by atoms with van der Waals surface area (Å²) in [5.41, 5.74) is 2.21. The van der Waals surface area contributed by atoms with E-state index < -0.39 is 0 Å². The Morgan fingerprint density at radius 2 is 1.59 bits per heavy atom. The number of hydrogen-bond donors (Lipinski definition) is 2. The molecule has 0 radical (unpaired) electrons. The summed E-state index contributed by atoms with van der Waals surface area (Å²) in [6, 6.07) is 18.0. The predicted molar refractivity (Wildman–Crippen MR) is 109 cm³/mol. The minimum atomic E-state index is -0.235. The zero-order valence-corrected chi connectivity index (χ0v) is 15.5. The topological polar surface area (TPSA) is 67.4 Å². The average molecular weight is 378 g/mol. The first kappa shape index (κ1) is 18.4. The zero-order chi connectivity index (χ0) is 19.1. The summed E-state index contributed by atoms with van der Waals surface area (Å²) in [5, 5.41) is 7.45. The zero-order valence-electron chi connectivity index (χ0n) is 14.6. The van der Waals surface area contributed by atoms with Crippen LogP contribution in [0.1, 0.15) is 15.2 Å². The number of benzene rings is 2. The monoisotopic (exact) mass is 378 g/mol. The lowest BCUT2D eigenvalue weighted by Crippen LogP contribution is -2.10. The summed E-state index contributed by atoms with van der Waals surface area (Å²) < 4.78 is 5.10. The van der Waals surface area contributed by atoms with Crippen LogP contribution in [-0.4, -0.2) is 18.9 Å². The molecule has 1 heterocycles. The number of carbonyl (C=O) groups is 2. The first-order valence-electron chi connectivity index (χ1n) is 8.22. The molecule has 0 unspecified atom stereocenters. The number of rotatable bonds is 6. The molecule has 6 heteroatoms. The van der Waals surface area contributed by atoms with E-state index in [4.69, 9.17) is 4.74 Å². The maximum absolute atomic E-state index is 12.0. The Balaban J connectivity index is 1.54. The van der Waals surface area contributed by atoms with Crippen molar-refractivity contribution in [1.29, 1.82) is 0 Å². The van der Waals surface area contributed by atoms with Gasteiger partial charge in [-0.2, -0.15) is 0 Å². The number of carbonyl (C=O) groups excluding carboxylic acids is 2. The number of hydrogen-bond acceptors (Lipinski definition) is 4. The number of nitrogens with one attached hydrogen (secondary N) is 2. The molecule has 0 bridgehead atoms. The molecule has 3 aromatic rings. The molecule has 2 aromatic carbocycles. The van der Waals surface area contributed by atoms with Gasteiger partial charge in [-0.3, -0.25) is 9.59 Å². The van der Waals surface area contributed by atoms with E-state index in [-0.39, 0.29) is 11.8 Å². The highest BCUT2D eigenvalue weighted by Crippen LogP contribution is 2.17. The fourth-order valence-corrected chi connectivity index (χ4v) is 2.93. The van der Waals surface area contributed by atoms with Crippen molar-refractivity contribution in [2.45, 2.75) is 0 Å². The summed E-state index contributed by atoms with van der Waals surface area (Å²) in [7, 11) is 1.61. The van der Waals surface area contributed by atoms with Crippen LogP contribution in [0.4, 0.5) is 11.4 Å². The van der Waals surface area contributed by atoms with Gasteiger partial charge in [-0.15, -0.1) is 11.3 Å². The molecule has 3 rings (SSSR count). The van der Waals surface area contributed by atoms with Crippen molar-refractivity contribution >= 4 is 40.6 Å². The maximum Gasteiger partial charge on any atom is 0.265 e. The summed E-state index contributed by atoms with van der Waals surface area (Å²) in [6.45, 7) is 0. The Kier molecular flexibility index (Phi) is 6.02. The van der Waals surface area contributed by atoms with E-state index in [9.17, 15) is 9.59 Å². The van der Waals surface area contributed by atoms with E-state index in [2.05, 4.69) is 10.6 Å². The summed E-state index contributed by atoms with van der Waals surface area (Å²) in [4.78, 5) is 24.7. The largest absolute Gasteiger partial charge is 0.497 e. The lowest BCUT2D eigenvalue weighted by atomic mass is 10.2. The molecule has 0 fully saturated rings. The summed E-state index contributed by atoms with van der Waals surface area (Å²) >= 11 is 1.38. The van der Waals surface area contributed by atoms with Crippen molar-refractivity contribution in [2.75, 3.05) is 17.7 Å². The Hall–Kier alpha value is -3.38. The minimum Gasteiger partial charge on any atom is -0.497 e. The van der Waals surface area contributed by atoms with Gasteiger partial charge in [-0.1, -0.05) is 18.2 Å². The molecule has 0 saturated heterocycles. The van der Waals surface area contributed by atoms with Gasteiger partial charge in [0.2, 0.25) is 5.91 Å². The fraction of sp³-hybridized carbons (Fsp3) is 0.0476. The van der Waals surface area contributed by atoms with Crippen LogP contribution < -0.4 is 15.4 Å². The Morgan fingerprint density at radius 1 is 0.926 bits per heavy atom. The van der Waals surface area contributed by atoms with Gasteiger partial charge in [-0.25, -0.2) is 0 Å². The van der Waals surface area contributed by atoms with Crippen molar-refractivity contribution in [2.24, 2.45) is 0 Å². The first-order valence-corrected chi connectivity index (χ1v) is 9.10. The second-order valence-electron chi connectivity index (χ2n) is 5.60. The normalized spacial score (nSPS) is 10.6. The minimum absolute atomic E-state index is 0.149. The lowest BCUT2D eigenvalue weighted by molar-refractivity contribution is -0.111. The standard InChI is InChI=1S/C21H18N2O3S/c1-26-18-11-4-15(5-12-18)6-13-20(24)22-16-7-9-17(10-8-16)23-21(25)19-3-2-14-27-19/h2-14H,1H3,(H,22,24)(H,23,25)/b13-6+. The van der Waals surface area contributed by atoms with Gasteiger partial charge < -0.3 is 15.4 Å². The number of methoxy groups -OCH3 is 1. The van der Waals surface area contributed by atoms with Gasteiger partial charge in [0.25, 0.3) is 5.91 Å². The van der Waals surface area contributed by atoms with Gasteiger partial charge in [0.05, 0.1) is 12.0 Å². The molecular formula is C21H18N2O3S. The third-order valence-corrected chi connectivity index (χ3v) is 4.57. The number of anilines is 2. The highest BCUT2D eigenvalue weighted by molar-refractivity contribution is 7.12. The van der Waals surface area contributed by atoms with Crippen LogP contribution in [0.2, 0.25) is 0 Å². The SMILES string of the molecule is COc1ccc(/C=C/C(=O)Nc2ccc(NC(=O)c3cccs3)cc2)cc1. The molecule has 0 aliphatic carbocycles. The van der Waals surface area contributed by atoms with E-state index in [1.807, 2.05) is 35.7 Å². The Bertz CT molecular complexity index is 931. The van der Waals surface area contributed by atoms with Gasteiger partial charge in [0, 0.05) is 17.5 Å². The lowest BCUT2D eigenvalue weighted by Gasteiger charge is -2.06. The molecule has 0 saturated carbocycles. The van der Waals surface area contributed by atoms with Gasteiger partial charge >= 0.3 is 0 Å². The quantitative estimate of drug-likeness (QED) is 0.613. The molecular weight excluding hydrogens is 360 g/mol. The van der Waals surface area contributed by atoms with E-state index in [1.165, 1.54) is 17.4 Å². The second kappa shape index (κ2) is 8.82. The molecule has 136 valence electrons. The van der Waals surface area contributed by atoms with Crippen molar-refractivity contribution in [3.05, 3.63) is 82.6 Å². The molecule has 0 aliphatic heterocycles. The van der Waals surface area contributed by atoms with Crippen molar-refractivity contribution in [3.8, 4) is 5.75 Å². The van der Waals surface area contributed by atoms with Crippen LogP contribution in [0.15, 0.2) is 72.1 Å². The molecule has 2 N–H and O–H groups in total. The molecule has 5 nitrogen and oxygen atoms in total. The maximum atomic E-state index is 12.0. The third-order valence-electron chi connectivity index (χ3n) is 3.70. The van der Waals surface area contributed by atoms with Crippen LogP contribution in [0.25, 0.3) is 6.08 Å². The highest BCUT2D eigenvalue weighted by Gasteiger charge is 2.06. The molecule has 0 aliphatic rings. The van der Waals surface area contributed by atoms with Gasteiger partial charge in [0.15, 0.2) is 0 Å². The number of amides is 2. The summed E-state index contributed by atoms with van der Waals surface area (Å²) in [6.07, 6.45) is 3.19. The Labute approximate surface area is 161 Å². The average Bonchev–Trinajstić information content (AvgIpc) is 3.23. The second-order valence-corrected chi connectivity index (χ2v) is 6.55. The predicted octanol–water partition coefficient (Wildman–Crippen LogP) is 4.66. The van der Waals surface area contributed by atoms with E-state index in [0.29, 0.717) is 16.3 Å². The molecule has 27 heavy (non-hydrogen) atoms. The third kappa shape index (κ3) is 5.29. The van der Waals surface area contributed by atoms with E-state index in [0.717, 1.165) is 11.3 Å². The van der Waals surface area contributed by atoms with E-state index >= 15 is 0 Å². The van der Waals surface area contributed by atoms with Crippen molar-refractivity contribution in [1.82, 2.24) is 0 Å². The molecule has 0 spiro atoms. The van der Waals surface area contributed by atoms with Crippen LogP contribution in [0, 0.1) is 0 Å². The fourth-order valence-electron chi connectivity index (χ4n) is 2.31. The number of thiophene rings is 1. The van der Waals surface area contributed by atoms with Crippen LogP contribution >= 0.6 is 11.3 Å². The van der Waals surface area contributed by atoms with Crippen molar-refractivity contribution in [3.63, 3.8) is 0 Å². The summed E-state index contributed by atoms with van der Waals surface area (Å²) in [5.74, 6) is 0.383. The smallest absolute Gasteiger partial charge is 0.265 e. The Morgan fingerprint density at radius 3 is 2.19 bits per heavy atom. The molecule has 1 aromatic heterocycles. The van der Waals surface area contributed by atoms with Crippen LogP contribution in [-0.2, 0) is 4.79 Å². The van der Waals surface area contributed by atoms with Gasteiger partial charge in [-0.05, 0) is 59.5 Å². The number of ether oxygens (including phenoxy) is 1. The van der Waals surface area contributed by atoms with Crippen molar-refractivity contribution < 1.29 is 14.3 Å². The molecule has 2 amide bonds.